The first-order chi connectivity index (χ1) is 11.7. The van der Waals surface area contributed by atoms with Gasteiger partial charge >= 0.3 is 0 Å². The van der Waals surface area contributed by atoms with E-state index in [4.69, 9.17) is 6.85 Å². The van der Waals surface area contributed by atoms with E-state index < -0.39 is 35.9 Å². The largest absolute Gasteiger partial charge is 0.508 e. The number of hydrogen-bond donors (Lipinski definition) is 1. The zero-order valence-electron chi connectivity index (χ0n) is 14.9. The van der Waals surface area contributed by atoms with Crippen LogP contribution in [0.15, 0.2) is 46.8 Å². The highest BCUT2D eigenvalue weighted by molar-refractivity contribution is 7.98. The van der Waals surface area contributed by atoms with Crippen molar-refractivity contribution in [1.29, 1.82) is 0 Å². The van der Waals surface area contributed by atoms with Gasteiger partial charge in [0.15, 0.2) is 17.0 Å². The molecule has 0 saturated heterocycles. The maximum absolute atomic E-state index is 12.6. The molecule has 2 rings (SSSR count). The molecule has 1 aromatic heterocycles. The van der Waals surface area contributed by atoms with E-state index in [0.717, 1.165) is 6.07 Å². The van der Waals surface area contributed by atoms with Crippen LogP contribution in [0.1, 0.15) is 28.9 Å². The van der Waals surface area contributed by atoms with Crippen LogP contribution in [0.4, 0.5) is 0 Å². The zero-order chi connectivity index (χ0) is 18.8. The van der Waals surface area contributed by atoms with Gasteiger partial charge in [-0.2, -0.15) is 0 Å². The summed E-state index contributed by atoms with van der Waals surface area (Å²) in [4.78, 5) is 31.2. The summed E-state index contributed by atoms with van der Waals surface area (Å²) in [5.41, 5.74) is -0.925. The molecule has 0 saturated carbocycles. The van der Waals surface area contributed by atoms with Crippen molar-refractivity contribution in [2.45, 2.75) is 11.2 Å². The summed E-state index contributed by atoms with van der Waals surface area (Å²) in [7, 11) is 0. The van der Waals surface area contributed by atoms with Gasteiger partial charge in [-0.1, -0.05) is 29.1 Å². The number of nitroso groups, excluding NO2 is 1. The first-order valence-corrected chi connectivity index (χ1v) is 6.12. The van der Waals surface area contributed by atoms with Gasteiger partial charge in [-0.25, -0.2) is 9.97 Å². The summed E-state index contributed by atoms with van der Waals surface area (Å²) >= 11 is 0.501. The van der Waals surface area contributed by atoms with Crippen molar-refractivity contribution >= 4 is 17.5 Å². The average Bonchev–Trinajstić information content (AvgIpc) is 2.56. The molecule has 20 heavy (non-hydrogen) atoms. The highest BCUT2D eigenvalue weighted by Crippen LogP contribution is 2.23. The van der Waals surface area contributed by atoms with E-state index in [1.165, 1.54) is 18.2 Å². The molecule has 1 unspecified atom stereocenters. The standard InChI is InChI=1S/C13H11N3O3S/c1-20-13-14-6-5-10(15-13)11(16-19)12(18)8-3-2-4-9(17)7-8/h2-7,11,17H,1H3/i1D2,5D,6D,11D. The molecule has 0 bridgehead atoms. The van der Waals surface area contributed by atoms with E-state index in [9.17, 15) is 14.8 Å². The molecule has 0 amide bonds. The molecular formula is C13H11N3O3S. The van der Waals surface area contributed by atoms with Gasteiger partial charge in [0.2, 0.25) is 0 Å². The number of carbonyl (C=O) groups is 1. The lowest BCUT2D eigenvalue weighted by atomic mass is 10.0. The zero-order valence-corrected chi connectivity index (χ0v) is 10.7. The van der Waals surface area contributed by atoms with Gasteiger partial charge in [-0.15, -0.1) is 4.91 Å². The Morgan fingerprint density at radius 1 is 1.65 bits per heavy atom. The number of carbonyl (C=O) groups excluding carboxylic acids is 1. The molecule has 1 heterocycles. The number of aromatic nitrogens is 2. The summed E-state index contributed by atoms with van der Waals surface area (Å²) < 4.78 is 37.9. The lowest BCUT2D eigenvalue weighted by Gasteiger charge is -2.08. The first kappa shape index (κ1) is 8.80. The molecule has 0 spiro atoms. The SMILES string of the molecule is [2H]c1nc(SC([2H])[2H])nc(C([2H])(N=O)C(=O)c2cccc(O)c2)c1[2H]. The van der Waals surface area contributed by atoms with Crippen molar-refractivity contribution in [2.24, 2.45) is 5.18 Å². The van der Waals surface area contributed by atoms with E-state index in [-0.39, 0.29) is 16.5 Å². The van der Waals surface area contributed by atoms with Gasteiger partial charge < -0.3 is 5.11 Å². The monoisotopic (exact) mass is 294 g/mol. The normalized spacial score (nSPS) is 17.1. The van der Waals surface area contributed by atoms with E-state index in [2.05, 4.69) is 15.1 Å². The smallest absolute Gasteiger partial charge is 0.197 e. The Morgan fingerprint density at radius 2 is 2.50 bits per heavy atom. The summed E-state index contributed by atoms with van der Waals surface area (Å²) in [5, 5.41) is 11.7. The van der Waals surface area contributed by atoms with E-state index in [1.807, 2.05) is 0 Å². The Kier molecular flexibility index (Phi) is 2.75. The molecule has 102 valence electrons. The number of ketones is 1. The Labute approximate surface area is 126 Å². The maximum Gasteiger partial charge on any atom is 0.197 e. The third-order valence-electron chi connectivity index (χ3n) is 2.28. The third-order valence-corrected chi connectivity index (χ3v) is 2.67. The number of phenolic OH excluding ortho intramolecular Hbond substituents is 1. The predicted octanol–water partition coefficient (Wildman–Crippen LogP) is 2.59. The Balaban J connectivity index is 2.60. The number of thioether (sulfide) groups is 1. The Bertz CT molecular complexity index is 839. The molecular weight excluding hydrogens is 278 g/mol. The van der Waals surface area contributed by atoms with E-state index in [0.29, 0.717) is 11.8 Å². The van der Waals surface area contributed by atoms with Crippen LogP contribution in [0.25, 0.3) is 0 Å². The van der Waals surface area contributed by atoms with Crippen molar-refractivity contribution in [3.63, 3.8) is 0 Å². The third kappa shape index (κ3) is 3.00. The van der Waals surface area contributed by atoms with Crippen molar-refractivity contribution in [3.05, 3.63) is 52.6 Å². The van der Waals surface area contributed by atoms with Crippen LogP contribution < -0.4 is 0 Å². The van der Waals surface area contributed by atoms with Crippen LogP contribution in [-0.4, -0.2) is 27.1 Å². The van der Waals surface area contributed by atoms with Crippen LogP contribution in [0.3, 0.4) is 0 Å². The molecule has 0 aliphatic heterocycles. The molecule has 2 aromatic rings. The second-order valence-electron chi connectivity index (χ2n) is 3.53. The topological polar surface area (TPSA) is 92.5 Å². The van der Waals surface area contributed by atoms with Gasteiger partial charge in [-0.05, 0) is 24.4 Å². The molecule has 7 heteroatoms. The fourth-order valence-electron chi connectivity index (χ4n) is 1.42. The fraction of sp³-hybridized carbons (Fsp3) is 0.154. The molecule has 1 atom stereocenters. The Hall–Kier alpha value is -2.28. The summed E-state index contributed by atoms with van der Waals surface area (Å²) in [6, 6.07) is 1.29. The van der Waals surface area contributed by atoms with Crippen LogP contribution >= 0.6 is 11.8 Å². The van der Waals surface area contributed by atoms with Crippen molar-refractivity contribution in [2.75, 3.05) is 6.21 Å². The fourth-order valence-corrected chi connectivity index (χ4v) is 1.66. The van der Waals surface area contributed by atoms with Crippen molar-refractivity contribution < 1.29 is 16.8 Å². The van der Waals surface area contributed by atoms with Gasteiger partial charge in [0.25, 0.3) is 0 Å². The van der Waals surface area contributed by atoms with E-state index in [1.54, 1.807) is 0 Å². The second kappa shape index (κ2) is 6.25. The molecule has 0 fully saturated rings. The number of aromatic hydroxyl groups is 1. The quantitative estimate of drug-likeness (QED) is 0.394. The van der Waals surface area contributed by atoms with Gasteiger partial charge in [0, 0.05) is 14.5 Å². The molecule has 0 aliphatic carbocycles. The van der Waals surface area contributed by atoms with Gasteiger partial charge in [0.1, 0.15) is 5.75 Å². The van der Waals surface area contributed by atoms with Crippen LogP contribution in [0, 0.1) is 4.91 Å². The highest BCUT2D eigenvalue weighted by atomic mass is 32.2. The second-order valence-corrected chi connectivity index (χ2v) is 4.13. The van der Waals surface area contributed by atoms with Crippen LogP contribution in [-0.2, 0) is 0 Å². The van der Waals surface area contributed by atoms with Gasteiger partial charge in [0.05, 0.1) is 9.81 Å². The number of nitrogens with zero attached hydrogens (tertiary/aromatic N) is 3. The summed E-state index contributed by atoms with van der Waals surface area (Å²) in [6.45, 7) is 0. The molecule has 0 aliphatic rings. The summed E-state index contributed by atoms with van der Waals surface area (Å²) in [6.07, 6.45) is -2.12. The van der Waals surface area contributed by atoms with Crippen molar-refractivity contribution in [1.82, 2.24) is 9.97 Å². The number of benzene rings is 1. The van der Waals surface area contributed by atoms with E-state index >= 15 is 0 Å². The summed E-state index contributed by atoms with van der Waals surface area (Å²) in [5.74, 6) is -1.41. The molecule has 1 N–H and O–H groups in total. The predicted molar refractivity (Wildman–Crippen MR) is 74.8 cm³/mol. The number of phenols is 1. The average molecular weight is 294 g/mol. The first-order valence-electron chi connectivity index (χ1n) is 7.89. The van der Waals surface area contributed by atoms with Crippen LogP contribution in [0.2, 0.25) is 0 Å². The van der Waals surface area contributed by atoms with Crippen molar-refractivity contribution in [3.8, 4) is 5.75 Å². The lowest BCUT2D eigenvalue weighted by molar-refractivity contribution is 0.0959. The lowest BCUT2D eigenvalue weighted by Crippen LogP contribution is -2.12. The maximum atomic E-state index is 12.6. The molecule has 6 nitrogen and oxygen atoms in total. The number of hydrogen-bond acceptors (Lipinski definition) is 7. The van der Waals surface area contributed by atoms with Gasteiger partial charge in [-0.3, -0.25) is 4.79 Å². The molecule has 1 aromatic carbocycles. The number of Topliss-reactive ketones (excluding diaryl/α,β-unsaturated/α-hetero) is 1. The minimum Gasteiger partial charge on any atom is -0.508 e. The minimum atomic E-state index is -2.88. The minimum absolute atomic E-state index is 0.202. The number of rotatable bonds is 5. The molecule has 0 radical (unpaired) electrons. The van der Waals surface area contributed by atoms with Crippen LogP contribution in [0.5, 0.6) is 5.75 Å². The highest BCUT2D eigenvalue weighted by Gasteiger charge is 2.25. The Morgan fingerprint density at radius 3 is 3.20 bits per heavy atom.